The Morgan fingerprint density at radius 1 is 0.500 bits per heavy atom. The summed E-state index contributed by atoms with van der Waals surface area (Å²) in [4.78, 5) is 0. The number of aliphatic hydroxyl groups is 2. The predicted molar refractivity (Wildman–Crippen MR) is 137 cm³/mol. The molecule has 2 aliphatic rings. The van der Waals surface area contributed by atoms with Crippen molar-refractivity contribution in [3.8, 4) is 0 Å². The van der Waals surface area contributed by atoms with E-state index in [4.69, 9.17) is 0 Å². The van der Waals surface area contributed by atoms with Gasteiger partial charge in [-0.2, -0.15) is 0 Å². The number of nitrogens with zero attached hydrogens (tertiary/aromatic N) is 2. The summed E-state index contributed by atoms with van der Waals surface area (Å²) in [5.74, 6) is 0. The molecular formula is C28H58Br2N2O2. The zero-order valence-electron chi connectivity index (χ0n) is 22.7. The van der Waals surface area contributed by atoms with E-state index in [9.17, 15) is 10.2 Å². The highest BCUT2D eigenvalue weighted by Crippen LogP contribution is 2.26. The van der Waals surface area contributed by atoms with Crippen molar-refractivity contribution in [2.45, 2.75) is 128 Å². The van der Waals surface area contributed by atoms with Crippen molar-refractivity contribution in [2.75, 3.05) is 53.5 Å². The largest absolute Gasteiger partial charge is 1.00 e. The maximum absolute atomic E-state index is 9.57. The molecule has 4 nitrogen and oxygen atoms in total. The maximum Gasteiger partial charge on any atom is 0.112 e. The Kier molecular flexibility index (Phi) is 20.3. The summed E-state index contributed by atoms with van der Waals surface area (Å²) in [7, 11) is 4.72. The molecule has 0 aromatic heterocycles. The molecule has 2 rings (SSSR count). The summed E-state index contributed by atoms with van der Waals surface area (Å²) >= 11 is 0. The van der Waals surface area contributed by atoms with Crippen molar-refractivity contribution in [2.24, 2.45) is 0 Å². The SMILES string of the molecule is C[N+]1(CCCCCCCCCCCCCCCC[N+]2(C)CCCC2CO)CCCC1CO.[Br-].[Br-]. The van der Waals surface area contributed by atoms with Gasteiger partial charge in [-0.15, -0.1) is 0 Å². The van der Waals surface area contributed by atoms with Crippen LogP contribution in [0.1, 0.15) is 116 Å². The average Bonchev–Trinajstić information content (AvgIpc) is 3.35. The number of rotatable bonds is 19. The van der Waals surface area contributed by atoms with E-state index in [-0.39, 0.29) is 34.0 Å². The number of unbranched alkanes of at least 4 members (excludes halogenated alkanes) is 13. The second-order valence-corrected chi connectivity index (χ2v) is 11.8. The normalized spacial score (nSPS) is 28.6. The van der Waals surface area contributed by atoms with Crippen LogP contribution in [-0.4, -0.2) is 84.8 Å². The van der Waals surface area contributed by atoms with Crippen LogP contribution < -0.4 is 34.0 Å². The van der Waals surface area contributed by atoms with Crippen molar-refractivity contribution >= 4 is 0 Å². The zero-order chi connectivity index (χ0) is 23.1. The van der Waals surface area contributed by atoms with Crippen molar-refractivity contribution in [3.63, 3.8) is 0 Å². The Balaban J connectivity index is 0.00000544. The molecule has 2 saturated heterocycles. The Labute approximate surface area is 233 Å². The lowest BCUT2D eigenvalue weighted by molar-refractivity contribution is -0.921. The van der Waals surface area contributed by atoms with Crippen LogP contribution in [0.4, 0.5) is 0 Å². The highest BCUT2D eigenvalue weighted by Gasteiger charge is 2.37. The first-order valence-electron chi connectivity index (χ1n) is 14.4. The van der Waals surface area contributed by atoms with Gasteiger partial charge in [0.1, 0.15) is 12.1 Å². The maximum atomic E-state index is 9.57. The highest BCUT2D eigenvalue weighted by molar-refractivity contribution is 4.67. The molecule has 34 heavy (non-hydrogen) atoms. The second kappa shape index (κ2) is 19.9. The Bertz CT molecular complexity index is 443. The molecule has 0 saturated carbocycles. The molecule has 4 atom stereocenters. The molecule has 2 heterocycles. The molecule has 0 aromatic rings. The smallest absolute Gasteiger partial charge is 0.112 e. The lowest BCUT2D eigenvalue weighted by atomic mass is 10.0. The lowest BCUT2D eigenvalue weighted by Gasteiger charge is -2.35. The van der Waals surface area contributed by atoms with Crippen LogP contribution in [0.3, 0.4) is 0 Å². The van der Waals surface area contributed by atoms with Crippen LogP contribution in [0.25, 0.3) is 0 Å². The molecule has 0 aromatic carbocycles. The van der Waals surface area contributed by atoms with Gasteiger partial charge in [0.25, 0.3) is 0 Å². The van der Waals surface area contributed by atoms with Crippen molar-refractivity contribution in [1.29, 1.82) is 0 Å². The van der Waals surface area contributed by atoms with E-state index in [0.29, 0.717) is 25.3 Å². The fourth-order valence-corrected chi connectivity index (χ4v) is 6.60. The topological polar surface area (TPSA) is 40.5 Å². The first kappa shape index (κ1) is 34.8. The van der Waals surface area contributed by atoms with E-state index in [2.05, 4.69) is 14.1 Å². The minimum absolute atomic E-state index is 0. The van der Waals surface area contributed by atoms with Gasteiger partial charge in [-0.3, -0.25) is 0 Å². The van der Waals surface area contributed by atoms with Crippen LogP contribution >= 0.6 is 0 Å². The minimum atomic E-state index is 0. The molecular weight excluding hydrogens is 556 g/mol. The Morgan fingerprint density at radius 3 is 1.03 bits per heavy atom. The predicted octanol–water partition coefficient (Wildman–Crippen LogP) is -0.342. The van der Waals surface area contributed by atoms with E-state index in [1.165, 1.54) is 142 Å². The van der Waals surface area contributed by atoms with Crippen LogP contribution in [0.5, 0.6) is 0 Å². The fourth-order valence-electron chi connectivity index (χ4n) is 6.60. The second-order valence-electron chi connectivity index (χ2n) is 11.8. The van der Waals surface area contributed by atoms with Gasteiger partial charge in [-0.25, -0.2) is 0 Å². The van der Waals surface area contributed by atoms with E-state index in [0.717, 1.165) is 8.97 Å². The summed E-state index contributed by atoms with van der Waals surface area (Å²) in [6.45, 7) is 5.84. The van der Waals surface area contributed by atoms with E-state index in [1.54, 1.807) is 0 Å². The molecule has 2 N–H and O–H groups in total. The number of hydrogen-bond acceptors (Lipinski definition) is 2. The zero-order valence-corrected chi connectivity index (χ0v) is 25.8. The van der Waals surface area contributed by atoms with Gasteiger partial charge in [0.05, 0.1) is 53.5 Å². The number of likely N-dealkylation sites (tertiary alicyclic amines) is 2. The van der Waals surface area contributed by atoms with E-state index in [1.807, 2.05) is 0 Å². The van der Waals surface area contributed by atoms with Crippen LogP contribution in [0.2, 0.25) is 0 Å². The van der Waals surface area contributed by atoms with Gasteiger partial charge in [0, 0.05) is 25.7 Å². The van der Waals surface area contributed by atoms with Gasteiger partial charge < -0.3 is 53.1 Å². The summed E-state index contributed by atoms with van der Waals surface area (Å²) in [5.41, 5.74) is 0. The lowest BCUT2D eigenvalue weighted by Crippen LogP contribution is -3.00. The van der Waals surface area contributed by atoms with Gasteiger partial charge in [-0.05, 0) is 25.7 Å². The Hall–Kier alpha value is 0.800. The van der Waals surface area contributed by atoms with E-state index >= 15 is 0 Å². The van der Waals surface area contributed by atoms with Crippen molar-refractivity contribution in [3.05, 3.63) is 0 Å². The summed E-state index contributed by atoms with van der Waals surface area (Å²) < 4.78 is 2.25. The van der Waals surface area contributed by atoms with Crippen molar-refractivity contribution in [1.82, 2.24) is 0 Å². The van der Waals surface area contributed by atoms with Crippen LogP contribution in [0.15, 0.2) is 0 Å². The number of hydrogen-bond donors (Lipinski definition) is 2. The standard InChI is InChI=1S/C28H58N2O2.2BrH/c1-29(23-17-19-27(29)25-31)21-15-13-11-9-7-5-3-4-6-8-10-12-14-16-22-30(2)24-18-20-28(30)26-32;;/h27-28,31-32H,3-26H2,1-2H3;2*1H/q+2;;/p-2. The fraction of sp³-hybridized carbons (Fsp3) is 1.00. The van der Waals surface area contributed by atoms with Gasteiger partial charge in [0.15, 0.2) is 0 Å². The number of aliphatic hydroxyl groups excluding tert-OH is 2. The first-order chi connectivity index (χ1) is 15.5. The van der Waals surface area contributed by atoms with Crippen LogP contribution in [-0.2, 0) is 0 Å². The summed E-state index contributed by atoms with van der Waals surface area (Å²) in [6.07, 6.45) is 24.7. The number of halogens is 2. The summed E-state index contributed by atoms with van der Waals surface area (Å²) in [5, 5.41) is 19.1. The van der Waals surface area contributed by atoms with Crippen molar-refractivity contribution < 1.29 is 53.1 Å². The minimum Gasteiger partial charge on any atom is -1.00 e. The van der Waals surface area contributed by atoms with Crippen LogP contribution in [0, 0.1) is 0 Å². The Morgan fingerprint density at radius 2 is 0.765 bits per heavy atom. The first-order valence-corrected chi connectivity index (χ1v) is 14.4. The molecule has 0 amide bonds. The molecule has 0 aliphatic carbocycles. The molecule has 2 aliphatic heterocycles. The van der Waals surface area contributed by atoms with Gasteiger partial charge in [0.2, 0.25) is 0 Å². The summed E-state index contributed by atoms with van der Waals surface area (Å²) in [6, 6.07) is 1.02. The highest BCUT2D eigenvalue weighted by atomic mass is 79.9. The monoisotopic (exact) mass is 612 g/mol. The number of likely N-dealkylation sites (N-methyl/N-ethyl adjacent to an activating group) is 2. The molecule has 6 heteroatoms. The molecule has 0 bridgehead atoms. The third kappa shape index (κ3) is 12.4. The quantitative estimate of drug-likeness (QED) is 0.155. The molecule has 4 unspecified atom stereocenters. The molecule has 0 spiro atoms. The van der Waals surface area contributed by atoms with E-state index < -0.39 is 0 Å². The average molecular weight is 615 g/mol. The van der Waals surface area contributed by atoms with Gasteiger partial charge in [-0.1, -0.05) is 64.2 Å². The molecule has 206 valence electrons. The third-order valence-electron chi connectivity index (χ3n) is 9.19. The third-order valence-corrected chi connectivity index (χ3v) is 9.19. The number of quaternary nitrogens is 2. The molecule has 0 radical (unpaired) electrons. The molecule has 2 fully saturated rings. The van der Waals surface area contributed by atoms with Gasteiger partial charge >= 0.3 is 0 Å².